The van der Waals surface area contributed by atoms with Gasteiger partial charge in [0.15, 0.2) is 11.5 Å². The second-order valence-corrected chi connectivity index (χ2v) is 5.97. The maximum atomic E-state index is 5.64. The summed E-state index contributed by atoms with van der Waals surface area (Å²) in [5.74, 6) is 2.34. The third kappa shape index (κ3) is 2.57. The van der Waals surface area contributed by atoms with Crippen LogP contribution in [0.3, 0.4) is 0 Å². The molecule has 0 bridgehead atoms. The number of ether oxygens (including phenoxy) is 2. The Bertz CT molecular complexity index is 757. The molecular weight excluding hydrogens is 344 g/mol. The molecule has 22 heavy (non-hydrogen) atoms. The molecule has 1 aliphatic heterocycles. The Morgan fingerprint density at radius 1 is 1.18 bits per heavy atom. The van der Waals surface area contributed by atoms with Crippen molar-refractivity contribution in [3.05, 3.63) is 40.4 Å². The molecule has 2 aromatic carbocycles. The highest BCUT2D eigenvalue weighted by molar-refractivity contribution is 9.10. The number of nitrogens with zero attached hydrogens (tertiary/aromatic N) is 1. The van der Waals surface area contributed by atoms with Gasteiger partial charge in [-0.05, 0) is 24.6 Å². The highest BCUT2D eigenvalue weighted by atomic mass is 79.9. The summed E-state index contributed by atoms with van der Waals surface area (Å²) in [6, 6.07) is 10.1. The number of anilines is 1. The minimum atomic E-state index is 0.621. The van der Waals surface area contributed by atoms with Crippen LogP contribution >= 0.6 is 15.9 Å². The van der Waals surface area contributed by atoms with E-state index in [0.29, 0.717) is 12.3 Å². The van der Waals surface area contributed by atoms with E-state index in [0.717, 1.165) is 38.4 Å². The SMILES string of the molecule is COc1cc2c(c(-c3cccc(Br)c3)c1OC)CN=C(C)N2. The zero-order valence-electron chi connectivity index (χ0n) is 12.7. The van der Waals surface area contributed by atoms with Crippen molar-refractivity contribution in [2.75, 3.05) is 19.5 Å². The van der Waals surface area contributed by atoms with Crippen LogP contribution in [-0.4, -0.2) is 20.1 Å². The molecule has 114 valence electrons. The lowest BCUT2D eigenvalue weighted by molar-refractivity contribution is 0.356. The Kier molecular flexibility index (Phi) is 4.07. The Hall–Kier alpha value is -2.01. The van der Waals surface area contributed by atoms with E-state index >= 15 is 0 Å². The van der Waals surface area contributed by atoms with E-state index in [2.05, 4.69) is 38.4 Å². The molecule has 0 radical (unpaired) electrons. The number of fused-ring (bicyclic) bond motifs is 1. The van der Waals surface area contributed by atoms with Crippen LogP contribution in [0.4, 0.5) is 5.69 Å². The Labute approximate surface area is 138 Å². The van der Waals surface area contributed by atoms with Gasteiger partial charge in [-0.2, -0.15) is 0 Å². The molecule has 1 aliphatic rings. The van der Waals surface area contributed by atoms with Gasteiger partial charge in [0.2, 0.25) is 0 Å². The van der Waals surface area contributed by atoms with E-state index in [-0.39, 0.29) is 0 Å². The summed E-state index contributed by atoms with van der Waals surface area (Å²) in [4.78, 5) is 4.51. The molecule has 4 nitrogen and oxygen atoms in total. The summed E-state index contributed by atoms with van der Waals surface area (Å²) >= 11 is 3.53. The summed E-state index contributed by atoms with van der Waals surface area (Å²) in [6.45, 7) is 2.58. The average molecular weight is 361 g/mol. The zero-order chi connectivity index (χ0) is 15.7. The predicted molar refractivity (Wildman–Crippen MR) is 93.1 cm³/mol. The lowest BCUT2D eigenvalue weighted by Gasteiger charge is -2.23. The first-order valence-corrected chi connectivity index (χ1v) is 7.75. The molecule has 3 rings (SSSR count). The summed E-state index contributed by atoms with van der Waals surface area (Å²) in [5, 5.41) is 3.31. The van der Waals surface area contributed by atoms with Gasteiger partial charge in [0.1, 0.15) is 0 Å². The fourth-order valence-electron chi connectivity index (χ4n) is 2.69. The summed E-state index contributed by atoms with van der Waals surface area (Å²) in [6.07, 6.45) is 0. The van der Waals surface area contributed by atoms with Crippen molar-refractivity contribution in [2.45, 2.75) is 13.5 Å². The lowest BCUT2D eigenvalue weighted by Crippen LogP contribution is -2.15. The molecule has 0 fully saturated rings. The number of hydrogen-bond donors (Lipinski definition) is 1. The number of aliphatic imine (C=N–C) groups is 1. The molecule has 0 aromatic heterocycles. The topological polar surface area (TPSA) is 42.9 Å². The fraction of sp³-hybridized carbons (Fsp3) is 0.235. The summed E-state index contributed by atoms with van der Waals surface area (Å²) < 4.78 is 12.2. The molecule has 0 spiro atoms. The second kappa shape index (κ2) is 6.01. The van der Waals surface area contributed by atoms with Crippen molar-refractivity contribution < 1.29 is 9.47 Å². The van der Waals surface area contributed by atoms with Crippen molar-refractivity contribution in [2.24, 2.45) is 4.99 Å². The van der Waals surface area contributed by atoms with Gasteiger partial charge in [0.05, 0.1) is 26.6 Å². The Morgan fingerprint density at radius 3 is 2.68 bits per heavy atom. The summed E-state index contributed by atoms with van der Waals surface area (Å²) in [5.41, 5.74) is 4.21. The second-order valence-electron chi connectivity index (χ2n) is 5.05. The molecule has 0 saturated carbocycles. The van der Waals surface area contributed by atoms with Crippen LogP contribution in [0.1, 0.15) is 12.5 Å². The highest BCUT2D eigenvalue weighted by Gasteiger charge is 2.23. The fourth-order valence-corrected chi connectivity index (χ4v) is 3.09. The largest absolute Gasteiger partial charge is 0.493 e. The highest BCUT2D eigenvalue weighted by Crippen LogP contribution is 2.46. The molecule has 1 N–H and O–H groups in total. The minimum absolute atomic E-state index is 0.621. The average Bonchev–Trinajstić information content (AvgIpc) is 2.52. The van der Waals surface area contributed by atoms with E-state index < -0.39 is 0 Å². The van der Waals surface area contributed by atoms with Crippen molar-refractivity contribution in [1.82, 2.24) is 0 Å². The molecule has 1 heterocycles. The molecule has 2 aromatic rings. The zero-order valence-corrected chi connectivity index (χ0v) is 14.3. The van der Waals surface area contributed by atoms with Gasteiger partial charge in [-0.25, -0.2) is 0 Å². The number of halogens is 1. The molecule has 5 heteroatoms. The molecule has 0 atom stereocenters. The van der Waals surface area contributed by atoms with Crippen LogP contribution in [0.25, 0.3) is 11.1 Å². The van der Waals surface area contributed by atoms with Gasteiger partial charge < -0.3 is 14.8 Å². The van der Waals surface area contributed by atoms with Gasteiger partial charge in [0, 0.05) is 27.4 Å². The van der Waals surface area contributed by atoms with E-state index in [4.69, 9.17) is 9.47 Å². The van der Waals surface area contributed by atoms with Gasteiger partial charge in [-0.1, -0.05) is 28.1 Å². The Morgan fingerprint density at radius 2 is 2.00 bits per heavy atom. The normalized spacial score (nSPS) is 13.0. The van der Waals surface area contributed by atoms with Crippen LogP contribution in [-0.2, 0) is 6.54 Å². The minimum Gasteiger partial charge on any atom is -0.493 e. The maximum absolute atomic E-state index is 5.64. The number of methoxy groups -OCH3 is 2. The van der Waals surface area contributed by atoms with E-state index in [1.807, 2.05) is 25.1 Å². The molecular formula is C17H17BrN2O2. The smallest absolute Gasteiger partial charge is 0.169 e. The van der Waals surface area contributed by atoms with Gasteiger partial charge in [-0.15, -0.1) is 0 Å². The first-order valence-electron chi connectivity index (χ1n) is 6.96. The first kappa shape index (κ1) is 14.9. The number of rotatable bonds is 3. The van der Waals surface area contributed by atoms with Crippen molar-refractivity contribution in [3.8, 4) is 22.6 Å². The molecule has 0 aliphatic carbocycles. The molecule has 0 amide bonds. The number of amidine groups is 1. The van der Waals surface area contributed by atoms with Crippen molar-refractivity contribution in [3.63, 3.8) is 0 Å². The monoisotopic (exact) mass is 360 g/mol. The predicted octanol–water partition coefficient (Wildman–Crippen LogP) is 4.48. The van der Waals surface area contributed by atoms with E-state index in [1.54, 1.807) is 14.2 Å². The van der Waals surface area contributed by atoms with Crippen molar-refractivity contribution >= 4 is 27.5 Å². The standard InChI is InChI=1S/C17H17BrN2O2/c1-10-19-9-13-14(20-10)8-15(21-2)17(22-3)16(13)11-5-4-6-12(18)7-11/h4-8H,9H2,1-3H3,(H,19,20). The van der Waals surface area contributed by atoms with Gasteiger partial charge >= 0.3 is 0 Å². The number of hydrogen-bond acceptors (Lipinski definition) is 4. The number of benzene rings is 2. The van der Waals surface area contributed by atoms with Crippen molar-refractivity contribution in [1.29, 1.82) is 0 Å². The lowest BCUT2D eigenvalue weighted by atomic mass is 9.95. The van der Waals surface area contributed by atoms with Crippen LogP contribution in [0, 0.1) is 0 Å². The van der Waals surface area contributed by atoms with Crippen LogP contribution < -0.4 is 14.8 Å². The molecule has 0 saturated heterocycles. The van der Waals surface area contributed by atoms with Crippen LogP contribution in [0.15, 0.2) is 39.8 Å². The van der Waals surface area contributed by atoms with Gasteiger partial charge in [-0.3, -0.25) is 4.99 Å². The van der Waals surface area contributed by atoms with E-state index in [9.17, 15) is 0 Å². The summed E-state index contributed by atoms with van der Waals surface area (Å²) in [7, 11) is 3.31. The quantitative estimate of drug-likeness (QED) is 0.877. The Balaban J connectivity index is 2.30. The third-order valence-corrected chi connectivity index (χ3v) is 4.17. The first-order chi connectivity index (χ1) is 10.6. The van der Waals surface area contributed by atoms with Gasteiger partial charge in [0.25, 0.3) is 0 Å². The van der Waals surface area contributed by atoms with Crippen LogP contribution in [0.5, 0.6) is 11.5 Å². The van der Waals surface area contributed by atoms with E-state index in [1.165, 1.54) is 0 Å². The third-order valence-electron chi connectivity index (χ3n) is 3.68. The molecule has 0 unspecified atom stereocenters. The van der Waals surface area contributed by atoms with Crippen LogP contribution in [0.2, 0.25) is 0 Å². The maximum Gasteiger partial charge on any atom is 0.169 e. The number of nitrogens with one attached hydrogen (secondary N) is 1.